The number of nitrogens with zero attached hydrogens (tertiary/aromatic N) is 1. The van der Waals surface area contributed by atoms with Gasteiger partial charge in [-0.25, -0.2) is 0 Å². The molecule has 5 nitrogen and oxygen atoms in total. The van der Waals surface area contributed by atoms with Crippen LogP contribution in [0.4, 0.5) is 11.4 Å². The molecule has 0 fully saturated rings. The van der Waals surface area contributed by atoms with Crippen molar-refractivity contribution in [1.82, 2.24) is 0 Å². The van der Waals surface area contributed by atoms with Crippen molar-refractivity contribution >= 4 is 11.4 Å². The van der Waals surface area contributed by atoms with Gasteiger partial charge >= 0.3 is 0 Å². The van der Waals surface area contributed by atoms with Crippen LogP contribution in [0.2, 0.25) is 0 Å². The van der Waals surface area contributed by atoms with Gasteiger partial charge < -0.3 is 11.1 Å². The van der Waals surface area contributed by atoms with Gasteiger partial charge in [-0.05, 0) is 19.4 Å². The van der Waals surface area contributed by atoms with Crippen LogP contribution in [-0.2, 0) is 0 Å². The van der Waals surface area contributed by atoms with Gasteiger partial charge in [0.2, 0.25) is 0 Å². The van der Waals surface area contributed by atoms with Crippen molar-refractivity contribution in [2.75, 3.05) is 11.9 Å². The zero-order chi connectivity index (χ0) is 11.4. The van der Waals surface area contributed by atoms with Crippen molar-refractivity contribution in [3.63, 3.8) is 0 Å². The van der Waals surface area contributed by atoms with E-state index in [9.17, 15) is 10.1 Å². The predicted molar refractivity (Wildman–Crippen MR) is 60.0 cm³/mol. The molecule has 3 N–H and O–H groups in total. The highest BCUT2D eigenvalue weighted by atomic mass is 16.6. The topological polar surface area (TPSA) is 81.2 Å². The van der Waals surface area contributed by atoms with Crippen LogP contribution in [-0.4, -0.2) is 17.5 Å². The van der Waals surface area contributed by atoms with E-state index < -0.39 is 4.92 Å². The molecule has 0 radical (unpaired) electrons. The molecule has 0 aliphatic carbocycles. The summed E-state index contributed by atoms with van der Waals surface area (Å²) in [7, 11) is 0. The maximum Gasteiger partial charge on any atom is 0.271 e. The molecule has 1 unspecified atom stereocenters. The molecule has 5 heteroatoms. The molecule has 0 aliphatic heterocycles. The largest absolute Gasteiger partial charge is 0.383 e. The minimum Gasteiger partial charge on any atom is -0.383 e. The standard InChI is InChI=1S/C10H15N3O2/c1-7-3-4-9(13(14)15)5-10(7)12-6-8(2)11/h3-5,8,12H,6,11H2,1-2H3. The summed E-state index contributed by atoms with van der Waals surface area (Å²) in [6, 6.07) is 4.76. The Labute approximate surface area is 88.4 Å². The van der Waals surface area contributed by atoms with E-state index >= 15 is 0 Å². The zero-order valence-electron chi connectivity index (χ0n) is 8.86. The van der Waals surface area contributed by atoms with Crippen molar-refractivity contribution < 1.29 is 4.92 Å². The summed E-state index contributed by atoms with van der Waals surface area (Å²) in [6.07, 6.45) is 0. The van der Waals surface area contributed by atoms with Crippen LogP contribution >= 0.6 is 0 Å². The Morgan fingerprint density at radius 3 is 2.80 bits per heavy atom. The summed E-state index contributed by atoms with van der Waals surface area (Å²) < 4.78 is 0. The fourth-order valence-electron chi connectivity index (χ4n) is 1.18. The van der Waals surface area contributed by atoms with E-state index in [1.807, 2.05) is 13.8 Å². The molecule has 0 saturated carbocycles. The molecular formula is C10H15N3O2. The van der Waals surface area contributed by atoms with Crippen LogP contribution in [0.15, 0.2) is 18.2 Å². The van der Waals surface area contributed by atoms with E-state index in [4.69, 9.17) is 5.73 Å². The third kappa shape index (κ3) is 3.21. The summed E-state index contributed by atoms with van der Waals surface area (Å²) in [4.78, 5) is 10.1. The number of benzene rings is 1. The van der Waals surface area contributed by atoms with Crippen molar-refractivity contribution in [2.45, 2.75) is 19.9 Å². The molecule has 1 aromatic carbocycles. The number of nitro benzene ring substituents is 1. The number of nitro groups is 1. The lowest BCUT2D eigenvalue weighted by Crippen LogP contribution is -2.25. The Hall–Kier alpha value is -1.62. The SMILES string of the molecule is Cc1ccc([N+](=O)[O-])cc1NCC(C)N. The molecule has 0 bridgehead atoms. The Morgan fingerprint density at radius 2 is 2.27 bits per heavy atom. The van der Waals surface area contributed by atoms with Crippen LogP contribution in [0.1, 0.15) is 12.5 Å². The van der Waals surface area contributed by atoms with Gasteiger partial charge in [0.1, 0.15) is 0 Å². The highest BCUT2D eigenvalue weighted by molar-refractivity contribution is 5.56. The smallest absolute Gasteiger partial charge is 0.271 e. The molecule has 15 heavy (non-hydrogen) atoms. The second kappa shape index (κ2) is 4.75. The van der Waals surface area contributed by atoms with E-state index in [0.29, 0.717) is 6.54 Å². The molecule has 0 heterocycles. The first kappa shape index (κ1) is 11.5. The summed E-state index contributed by atoms with van der Waals surface area (Å²) in [5, 5.41) is 13.6. The Balaban J connectivity index is 2.85. The second-order valence-electron chi connectivity index (χ2n) is 3.61. The summed E-state index contributed by atoms with van der Waals surface area (Å²) in [5.41, 5.74) is 7.42. The van der Waals surface area contributed by atoms with Crippen molar-refractivity contribution in [3.8, 4) is 0 Å². The first-order chi connectivity index (χ1) is 7.00. The summed E-state index contributed by atoms with van der Waals surface area (Å²) in [5.74, 6) is 0. The fraction of sp³-hybridized carbons (Fsp3) is 0.400. The Morgan fingerprint density at radius 1 is 1.60 bits per heavy atom. The van der Waals surface area contributed by atoms with E-state index in [2.05, 4.69) is 5.32 Å². The minimum atomic E-state index is -0.406. The van der Waals surface area contributed by atoms with Crippen LogP contribution < -0.4 is 11.1 Å². The molecule has 0 saturated heterocycles. The fourth-order valence-corrected chi connectivity index (χ4v) is 1.18. The summed E-state index contributed by atoms with van der Waals surface area (Å²) >= 11 is 0. The van der Waals surface area contributed by atoms with E-state index in [1.54, 1.807) is 6.07 Å². The molecule has 1 aromatic rings. The molecule has 0 aromatic heterocycles. The predicted octanol–water partition coefficient (Wildman–Crippen LogP) is 1.66. The number of hydrogen-bond donors (Lipinski definition) is 2. The van der Waals surface area contributed by atoms with Gasteiger partial charge in [0.15, 0.2) is 0 Å². The van der Waals surface area contributed by atoms with Crippen molar-refractivity contribution in [2.24, 2.45) is 5.73 Å². The Kier molecular flexibility index (Phi) is 3.62. The number of non-ortho nitro benzene ring substituents is 1. The van der Waals surface area contributed by atoms with Crippen molar-refractivity contribution in [3.05, 3.63) is 33.9 Å². The van der Waals surface area contributed by atoms with Crippen molar-refractivity contribution in [1.29, 1.82) is 0 Å². The highest BCUT2D eigenvalue weighted by Gasteiger charge is 2.08. The van der Waals surface area contributed by atoms with Gasteiger partial charge in [-0.3, -0.25) is 10.1 Å². The lowest BCUT2D eigenvalue weighted by molar-refractivity contribution is -0.384. The number of hydrogen-bond acceptors (Lipinski definition) is 4. The number of aryl methyl sites for hydroxylation is 1. The lowest BCUT2D eigenvalue weighted by atomic mass is 10.1. The van der Waals surface area contributed by atoms with Gasteiger partial charge in [0.25, 0.3) is 5.69 Å². The maximum absolute atomic E-state index is 10.6. The molecule has 82 valence electrons. The van der Waals surface area contributed by atoms with Crippen LogP contribution in [0.5, 0.6) is 0 Å². The van der Waals surface area contributed by atoms with E-state index in [1.165, 1.54) is 12.1 Å². The number of rotatable bonds is 4. The zero-order valence-corrected chi connectivity index (χ0v) is 8.86. The molecule has 0 aliphatic rings. The van der Waals surface area contributed by atoms with Crippen LogP contribution in [0, 0.1) is 17.0 Å². The van der Waals surface area contributed by atoms with Gasteiger partial charge in [0, 0.05) is 30.4 Å². The lowest BCUT2D eigenvalue weighted by Gasteiger charge is -2.11. The van der Waals surface area contributed by atoms with Crippen LogP contribution in [0.25, 0.3) is 0 Å². The molecule has 1 atom stereocenters. The molecule has 1 rings (SSSR count). The maximum atomic E-state index is 10.6. The molecular weight excluding hydrogens is 194 g/mol. The van der Waals surface area contributed by atoms with Gasteiger partial charge in [-0.2, -0.15) is 0 Å². The molecule has 0 amide bonds. The molecule has 0 spiro atoms. The average Bonchev–Trinajstić information content (AvgIpc) is 2.16. The van der Waals surface area contributed by atoms with Gasteiger partial charge in [-0.1, -0.05) is 6.07 Å². The normalized spacial score (nSPS) is 12.2. The quantitative estimate of drug-likeness (QED) is 0.583. The number of nitrogens with two attached hydrogens (primary N) is 1. The second-order valence-corrected chi connectivity index (χ2v) is 3.61. The van der Waals surface area contributed by atoms with Crippen LogP contribution in [0.3, 0.4) is 0 Å². The Bertz CT molecular complexity index is 364. The summed E-state index contributed by atoms with van der Waals surface area (Å²) in [6.45, 7) is 4.37. The van der Waals surface area contributed by atoms with Gasteiger partial charge in [0.05, 0.1) is 4.92 Å². The van der Waals surface area contributed by atoms with E-state index in [-0.39, 0.29) is 11.7 Å². The monoisotopic (exact) mass is 209 g/mol. The third-order valence-corrected chi connectivity index (χ3v) is 2.05. The first-order valence-corrected chi connectivity index (χ1v) is 4.75. The number of anilines is 1. The van der Waals surface area contributed by atoms with Gasteiger partial charge in [-0.15, -0.1) is 0 Å². The average molecular weight is 209 g/mol. The number of nitrogens with one attached hydrogen (secondary N) is 1. The van der Waals surface area contributed by atoms with E-state index in [0.717, 1.165) is 11.3 Å². The highest BCUT2D eigenvalue weighted by Crippen LogP contribution is 2.21. The minimum absolute atomic E-state index is 0.0173. The first-order valence-electron chi connectivity index (χ1n) is 4.75. The third-order valence-electron chi connectivity index (χ3n) is 2.05.